The van der Waals surface area contributed by atoms with Crippen LogP contribution in [0.3, 0.4) is 0 Å². The molecule has 6 heteroatoms. The molecule has 0 fully saturated rings. The van der Waals surface area contributed by atoms with Crippen LogP contribution in [-0.4, -0.2) is 23.2 Å². The number of ether oxygens (including phenoxy) is 3. The monoisotopic (exact) mass is 263 g/mol. The fraction of sp³-hybridized carbons (Fsp3) is 0.231. The molecule has 0 radical (unpaired) electrons. The molecule has 0 amide bonds. The first kappa shape index (κ1) is 13.1. The van der Waals surface area contributed by atoms with E-state index in [4.69, 9.17) is 9.47 Å². The van der Waals surface area contributed by atoms with Crippen LogP contribution in [0.2, 0.25) is 0 Å². The normalized spacial score (nSPS) is 15.5. The van der Waals surface area contributed by atoms with E-state index in [-0.39, 0.29) is 11.3 Å². The van der Waals surface area contributed by atoms with Crippen LogP contribution in [0.15, 0.2) is 42.9 Å². The summed E-state index contributed by atoms with van der Waals surface area (Å²) in [6, 6.07) is 4.94. The van der Waals surface area contributed by atoms with E-state index in [2.05, 4.69) is 16.3 Å². The molecule has 1 N–H and O–H groups in total. The first-order chi connectivity index (χ1) is 9.13. The van der Waals surface area contributed by atoms with E-state index < -0.39 is 18.4 Å². The predicted octanol–water partition coefficient (Wildman–Crippen LogP) is 1.36. The Morgan fingerprint density at radius 3 is 2.79 bits per heavy atom. The maximum absolute atomic E-state index is 11.3. The Hall–Kier alpha value is -2.34. The molecule has 1 aromatic heterocycles. The second-order valence-corrected chi connectivity index (χ2v) is 3.78. The van der Waals surface area contributed by atoms with Crippen LogP contribution in [0, 0.1) is 0 Å². The number of nitrogens with zero attached hydrogens (tertiary/aromatic N) is 1. The zero-order valence-corrected chi connectivity index (χ0v) is 10.3. The summed E-state index contributed by atoms with van der Waals surface area (Å²) in [5, 5.41) is 10.00. The summed E-state index contributed by atoms with van der Waals surface area (Å²) in [5.74, 6) is -0.685. The molecule has 1 aromatic rings. The summed E-state index contributed by atoms with van der Waals surface area (Å²) in [6.07, 6.45) is 0.936. The minimum absolute atomic E-state index is 0.0847. The Morgan fingerprint density at radius 1 is 1.47 bits per heavy atom. The lowest BCUT2D eigenvalue weighted by molar-refractivity contribution is -0.137. The SMILES string of the molecule is C=C(C(=O)OC)C(O)c1cccc(C2OC=CO2)n1. The molecule has 0 bridgehead atoms. The van der Waals surface area contributed by atoms with Crippen LogP contribution < -0.4 is 0 Å². The molecule has 1 aliphatic rings. The molecule has 1 aliphatic heterocycles. The topological polar surface area (TPSA) is 77.9 Å². The van der Waals surface area contributed by atoms with Crippen molar-refractivity contribution in [2.45, 2.75) is 12.4 Å². The maximum Gasteiger partial charge on any atom is 0.336 e. The van der Waals surface area contributed by atoms with Crippen molar-refractivity contribution >= 4 is 5.97 Å². The second-order valence-electron chi connectivity index (χ2n) is 3.78. The third kappa shape index (κ3) is 2.74. The Labute approximate surface area is 109 Å². The van der Waals surface area contributed by atoms with Gasteiger partial charge in [0.15, 0.2) is 0 Å². The molecule has 0 spiro atoms. The molecule has 0 aliphatic carbocycles. The number of rotatable bonds is 4. The number of esters is 1. The van der Waals surface area contributed by atoms with E-state index in [1.54, 1.807) is 18.2 Å². The van der Waals surface area contributed by atoms with Gasteiger partial charge in [0.25, 0.3) is 6.29 Å². The van der Waals surface area contributed by atoms with Crippen molar-refractivity contribution in [2.24, 2.45) is 0 Å². The Morgan fingerprint density at radius 2 is 2.16 bits per heavy atom. The second kappa shape index (κ2) is 5.53. The molecule has 6 nitrogen and oxygen atoms in total. The predicted molar refractivity (Wildman–Crippen MR) is 64.4 cm³/mol. The van der Waals surface area contributed by atoms with Gasteiger partial charge in [0, 0.05) is 0 Å². The first-order valence-electron chi connectivity index (χ1n) is 5.51. The summed E-state index contributed by atoms with van der Waals surface area (Å²) < 4.78 is 14.8. The molecule has 2 heterocycles. The van der Waals surface area contributed by atoms with Gasteiger partial charge in [0.05, 0.1) is 18.4 Å². The fourth-order valence-electron chi connectivity index (χ4n) is 1.55. The van der Waals surface area contributed by atoms with E-state index in [0.29, 0.717) is 5.69 Å². The number of aliphatic hydroxyl groups is 1. The van der Waals surface area contributed by atoms with Crippen LogP contribution in [0.4, 0.5) is 0 Å². The number of methoxy groups -OCH3 is 1. The number of carbonyl (C=O) groups is 1. The quantitative estimate of drug-likeness (QED) is 0.652. The van der Waals surface area contributed by atoms with E-state index in [0.717, 1.165) is 0 Å². The van der Waals surface area contributed by atoms with Crippen LogP contribution in [0.25, 0.3) is 0 Å². The molecule has 0 saturated carbocycles. The molecule has 0 aromatic carbocycles. The number of carbonyl (C=O) groups excluding carboxylic acids is 1. The van der Waals surface area contributed by atoms with E-state index in [1.807, 2.05) is 0 Å². The average Bonchev–Trinajstić information content (AvgIpc) is 2.99. The molecular weight excluding hydrogens is 250 g/mol. The Kier molecular flexibility index (Phi) is 3.82. The number of aromatic nitrogens is 1. The third-order valence-corrected chi connectivity index (χ3v) is 2.55. The van der Waals surface area contributed by atoms with Crippen LogP contribution in [-0.2, 0) is 19.0 Å². The molecule has 1 atom stereocenters. The summed E-state index contributed by atoms with van der Waals surface area (Å²) in [4.78, 5) is 15.5. The summed E-state index contributed by atoms with van der Waals surface area (Å²) in [6.45, 7) is 3.49. The van der Waals surface area contributed by atoms with Crippen LogP contribution in [0.5, 0.6) is 0 Å². The van der Waals surface area contributed by atoms with Gasteiger partial charge in [-0.15, -0.1) is 0 Å². The van der Waals surface area contributed by atoms with E-state index in [9.17, 15) is 9.90 Å². The van der Waals surface area contributed by atoms with Crippen molar-refractivity contribution in [1.82, 2.24) is 4.98 Å². The van der Waals surface area contributed by atoms with Crippen molar-refractivity contribution in [1.29, 1.82) is 0 Å². The molecule has 2 rings (SSSR count). The number of hydrogen-bond acceptors (Lipinski definition) is 6. The average molecular weight is 263 g/mol. The summed E-state index contributed by atoms with van der Waals surface area (Å²) in [5.41, 5.74) is 0.671. The minimum atomic E-state index is -1.23. The first-order valence-corrected chi connectivity index (χ1v) is 5.51. The number of pyridine rings is 1. The lowest BCUT2D eigenvalue weighted by atomic mass is 10.1. The highest BCUT2D eigenvalue weighted by Gasteiger charge is 2.23. The zero-order chi connectivity index (χ0) is 13.8. The zero-order valence-electron chi connectivity index (χ0n) is 10.3. The van der Waals surface area contributed by atoms with E-state index in [1.165, 1.54) is 19.6 Å². The molecule has 0 saturated heterocycles. The molecular formula is C13H13NO5. The highest BCUT2D eigenvalue weighted by Crippen LogP contribution is 2.25. The van der Waals surface area contributed by atoms with Gasteiger partial charge in [0.1, 0.15) is 24.3 Å². The standard InChI is InChI=1S/C13H13NO5/c1-8(12(16)17-2)11(15)9-4-3-5-10(14-9)13-18-6-7-19-13/h3-7,11,13,15H,1H2,2H3. The minimum Gasteiger partial charge on any atom is -0.466 e. The van der Waals surface area contributed by atoms with Crippen molar-refractivity contribution in [3.63, 3.8) is 0 Å². The fourth-order valence-corrected chi connectivity index (χ4v) is 1.55. The Balaban J connectivity index is 2.18. The van der Waals surface area contributed by atoms with Crippen molar-refractivity contribution in [2.75, 3.05) is 7.11 Å². The van der Waals surface area contributed by atoms with Gasteiger partial charge in [-0.25, -0.2) is 9.78 Å². The lowest BCUT2D eigenvalue weighted by Crippen LogP contribution is -2.14. The van der Waals surface area contributed by atoms with Crippen molar-refractivity contribution in [3.8, 4) is 0 Å². The number of aliphatic hydroxyl groups excluding tert-OH is 1. The maximum atomic E-state index is 11.3. The van der Waals surface area contributed by atoms with Gasteiger partial charge < -0.3 is 19.3 Å². The highest BCUT2D eigenvalue weighted by molar-refractivity contribution is 5.88. The van der Waals surface area contributed by atoms with Gasteiger partial charge in [-0.2, -0.15) is 0 Å². The van der Waals surface area contributed by atoms with Gasteiger partial charge in [-0.05, 0) is 12.1 Å². The summed E-state index contributed by atoms with van der Waals surface area (Å²) >= 11 is 0. The molecule has 100 valence electrons. The molecule has 19 heavy (non-hydrogen) atoms. The van der Waals surface area contributed by atoms with E-state index >= 15 is 0 Å². The summed E-state index contributed by atoms with van der Waals surface area (Å²) in [7, 11) is 1.22. The molecule has 1 unspecified atom stereocenters. The Bertz CT molecular complexity index is 518. The van der Waals surface area contributed by atoms with Gasteiger partial charge in [0.2, 0.25) is 0 Å². The highest BCUT2D eigenvalue weighted by atomic mass is 16.7. The third-order valence-electron chi connectivity index (χ3n) is 2.55. The van der Waals surface area contributed by atoms with Crippen LogP contribution in [0.1, 0.15) is 23.8 Å². The lowest BCUT2D eigenvalue weighted by Gasteiger charge is -2.14. The smallest absolute Gasteiger partial charge is 0.336 e. The van der Waals surface area contributed by atoms with Gasteiger partial charge >= 0.3 is 5.97 Å². The van der Waals surface area contributed by atoms with Gasteiger partial charge in [-0.1, -0.05) is 12.6 Å². The van der Waals surface area contributed by atoms with Gasteiger partial charge in [-0.3, -0.25) is 0 Å². The van der Waals surface area contributed by atoms with Crippen LogP contribution >= 0.6 is 0 Å². The largest absolute Gasteiger partial charge is 0.466 e. The van der Waals surface area contributed by atoms with Crippen molar-refractivity contribution in [3.05, 3.63) is 54.3 Å². The number of hydrogen-bond donors (Lipinski definition) is 1. The van der Waals surface area contributed by atoms with Crippen molar-refractivity contribution < 1.29 is 24.1 Å².